The molecular weight excluding hydrogens is 356 g/mol. The van der Waals surface area contributed by atoms with Crippen LogP contribution in [0.3, 0.4) is 0 Å². The Balaban J connectivity index is 1.96. The molecule has 25 heavy (non-hydrogen) atoms. The molecular formula is C17H14N4O2S2. The minimum atomic E-state index is -0.315. The Morgan fingerprint density at radius 2 is 2.28 bits per heavy atom. The first-order valence-electron chi connectivity index (χ1n) is 7.85. The number of aromatic nitrogens is 2. The lowest BCUT2D eigenvalue weighted by molar-refractivity contribution is 0.393. The average molecular weight is 370 g/mol. The Hall–Kier alpha value is -2.42. The number of anilines is 1. The lowest BCUT2D eigenvalue weighted by Crippen LogP contribution is -2.32. The van der Waals surface area contributed by atoms with E-state index in [4.69, 9.17) is 4.98 Å². The molecule has 0 saturated heterocycles. The van der Waals surface area contributed by atoms with E-state index in [2.05, 4.69) is 16.5 Å². The topological polar surface area (TPSA) is 81.2 Å². The monoisotopic (exact) mass is 370 g/mol. The van der Waals surface area contributed by atoms with E-state index >= 15 is 0 Å². The number of nitrogens with one attached hydrogen (secondary N) is 2. The van der Waals surface area contributed by atoms with Crippen LogP contribution in [0, 0.1) is 0 Å². The molecule has 0 unspecified atom stereocenters. The summed E-state index contributed by atoms with van der Waals surface area (Å²) in [7, 11) is 2.00. The summed E-state index contributed by atoms with van der Waals surface area (Å²) < 4.78 is 0.655. The minimum Gasteiger partial charge on any atom is -0.493 e. The van der Waals surface area contributed by atoms with Gasteiger partial charge < -0.3 is 10.5 Å². The zero-order chi connectivity index (χ0) is 17.1. The van der Waals surface area contributed by atoms with Crippen molar-refractivity contribution in [3.05, 3.63) is 39.5 Å². The third-order valence-electron chi connectivity index (χ3n) is 4.46. The van der Waals surface area contributed by atoms with E-state index in [9.17, 15) is 9.90 Å². The van der Waals surface area contributed by atoms with Crippen LogP contribution >= 0.6 is 22.7 Å². The zero-order valence-corrected chi connectivity index (χ0v) is 14.9. The van der Waals surface area contributed by atoms with Gasteiger partial charge in [-0.3, -0.25) is 9.78 Å². The number of hydrogen-bond donors (Lipinski definition) is 3. The smallest absolute Gasteiger partial charge is 0.251 e. The number of aromatic amines is 1. The number of nitrogens with zero attached hydrogens (tertiary/aromatic N) is 2. The summed E-state index contributed by atoms with van der Waals surface area (Å²) in [6.07, 6.45) is 0.877. The van der Waals surface area contributed by atoms with E-state index < -0.39 is 0 Å². The number of H-pyrrole nitrogens is 1. The van der Waals surface area contributed by atoms with Gasteiger partial charge in [-0.1, -0.05) is 6.07 Å². The number of fused-ring (bicyclic) bond motifs is 5. The molecule has 0 bridgehead atoms. The van der Waals surface area contributed by atoms with Crippen LogP contribution in [0.5, 0.6) is 5.88 Å². The van der Waals surface area contributed by atoms with Crippen LogP contribution in [0.4, 0.5) is 5.69 Å². The van der Waals surface area contributed by atoms with Crippen molar-refractivity contribution in [2.75, 3.05) is 19.0 Å². The molecule has 0 aliphatic carbocycles. The normalized spacial score (nSPS) is 14.8. The predicted molar refractivity (Wildman–Crippen MR) is 103 cm³/mol. The Labute approximate surface area is 150 Å². The maximum absolute atomic E-state index is 11.9. The fourth-order valence-corrected chi connectivity index (χ4v) is 5.16. The highest BCUT2D eigenvalue weighted by atomic mass is 32.1. The lowest BCUT2D eigenvalue weighted by Gasteiger charge is -2.28. The van der Waals surface area contributed by atoms with Gasteiger partial charge in [-0.2, -0.15) is 0 Å². The van der Waals surface area contributed by atoms with Crippen LogP contribution in [0.25, 0.3) is 30.9 Å². The molecule has 0 fully saturated rings. The van der Waals surface area contributed by atoms with Crippen molar-refractivity contribution in [1.29, 1.82) is 0 Å². The maximum Gasteiger partial charge on any atom is 0.251 e. The summed E-state index contributed by atoms with van der Waals surface area (Å²) in [4.78, 5) is 21.2. The number of likely N-dealkylation sites (N-methyl/N-ethyl adjacent to an activating group) is 1. The highest BCUT2D eigenvalue weighted by Gasteiger charge is 2.25. The molecule has 0 spiro atoms. The van der Waals surface area contributed by atoms with Crippen molar-refractivity contribution >= 4 is 48.7 Å². The van der Waals surface area contributed by atoms with E-state index in [1.54, 1.807) is 11.3 Å². The van der Waals surface area contributed by atoms with Gasteiger partial charge in [0, 0.05) is 36.0 Å². The Morgan fingerprint density at radius 3 is 3.08 bits per heavy atom. The molecule has 0 radical (unpaired) electrons. The zero-order valence-electron chi connectivity index (χ0n) is 13.3. The van der Waals surface area contributed by atoms with Gasteiger partial charge >= 0.3 is 0 Å². The van der Waals surface area contributed by atoms with Gasteiger partial charge in [0.05, 0.1) is 21.0 Å². The van der Waals surface area contributed by atoms with Gasteiger partial charge in [-0.25, -0.2) is 9.99 Å². The van der Waals surface area contributed by atoms with Crippen LogP contribution < -0.4 is 11.0 Å². The number of hydrazine groups is 1. The van der Waals surface area contributed by atoms with Crippen molar-refractivity contribution in [3.63, 3.8) is 0 Å². The van der Waals surface area contributed by atoms with Crippen LogP contribution in [-0.4, -0.2) is 33.7 Å². The van der Waals surface area contributed by atoms with E-state index in [-0.39, 0.29) is 11.4 Å². The lowest BCUT2D eigenvalue weighted by atomic mass is 10.0. The summed E-state index contributed by atoms with van der Waals surface area (Å²) in [6.45, 7) is 0.881. The van der Waals surface area contributed by atoms with Gasteiger partial charge in [-0.05, 0) is 17.9 Å². The predicted octanol–water partition coefficient (Wildman–Crippen LogP) is 3.39. The SMILES string of the molecule is CN1CCc2c(-c3cccs3)nc3sc4c(O)[nH]c(=O)cc4c3c2N1. The van der Waals surface area contributed by atoms with Gasteiger partial charge in [-0.15, -0.1) is 22.7 Å². The maximum atomic E-state index is 11.9. The Bertz CT molecular complexity index is 1180. The molecule has 4 aromatic heterocycles. The van der Waals surface area contributed by atoms with E-state index in [0.29, 0.717) is 4.70 Å². The number of pyridine rings is 2. The van der Waals surface area contributed by atoms with Crippen LogP contribution in [0.1, 0.15) is 5.56 Å². The Morgan fingerprint density at radius 1 is 1.40 bits per heavy atom. The van der Waals surface area contributed by atoms with E-state index in [1.165, 1.54) is 17.4 Å². The molecule has 0 atom stereocenters. The second-order valence-corrected chi connectivity index (χ2v) is 8.03. The highest BCUT2D eigenvalue weighted by Crippen LogP contribution is 2.45. The second-order valence-electron chi connectivity index (χ2n) is 6.08. The first-order chi connectivity index (χ1) is 12.1. The standard InChI is InChI=1S/C17H14N4O2S2/c1-21-5-4-8-13(10-3-2-6-24-10)19-17-12(14(8)20-21)9-7-11(22)18-16(23)15(9)25-17/h2-3,6-7,20H,4-5H2,1H3,(H2,18,22,23). The molecule has 6 nitrogen and oxygen atoms in total. The summed E-state index contributed by atoms with van der Waals surface area (Å²) >= 11 is 3.06. The van der Waals surface area contributed by atoms with Gasteiger partial charge in [0.25, 0.3) is 5.56 Å². The number of hydrogen-bond acceptors (Lipinski definition) is 7. The van der Waals surface area contributed by atoms with Crippen molar-refractivity contribution < 1.29 is 5.11 Å². The summed E-state index contributed by atoms with van der Waals surface area (Å²) in [6, 6.07) is 5.64. The average Bonchev–Trinajstić information content (AvgIpc) is 3.21. The summed E-state index contributed by atoms with van der Waals surface area (Å²) in [5.41, 5.74) is 6.24. The van der Waals surface area contributed by atoms with Crippen LogP contribution in [-0.2, 0) is 6.42 Å². The number of thiophene rings is 2. The van der Waals surface area contributed by atoms with Crippen LogP contribution in [0.15, 0.2) is 28.4 Å². The van der Waals surface area contributed by atoms with Crippen molar-refractivity contribution in [2.24, 2.45) is 0 Å². The van der Waals surface area contributed by atoms with E-state index in [0.717, 1.165) is 50.4 Å². The highest BCUT2D eigenvalue weighted by molar-refractivity contribution is 7.26. The largest absolute Gasteiger partial charge is 0.493 e. The fourth-order valence-electron chi connectivity index (χ4n) is 3.35. The van der Waals surface area contributed by atoms with Gasteiger partial charge in [0.15, 0.2) is 0 Å². The quantitative estimate of drug-likeness (QED) is 0.478. The number of rotatable bonds is 1. The third-order valence-corrected chi connectivity index (χ3v) is 6.45. The molecule has 5 heterocycles. The third kappa shape index (κ3) is 2.18. The number of aromatic hydroxyl groups is 1. The summed E-state index contributed by atoms with van der Waals surface area (Å²) in [5, 5.41) is 15.9. The van der Waals surface area contributed by atoms with Gasteiger partial charge in [0.1, 0.15) is 4.83 Å². The molecule has 0 amide bonds. The van der Waals surface area contributed by atoms with E-state index in [1.807, 2.05) is 23.5 Å². The molecule has 126 valence electrons. The summed E-state index contributed by atoms with van der Waals surface area (Å²) in [5.74, 6) is -0.0962. The molecule has 0 aromatic carbocycles. The molecule has 5 rings (SSSR count). The molecule has 3 N–H and O–H groups in total. The minimum absolute atomic E-state index is 0.0962. The van der Waals surface area contributed by atoms with Crippen LogP contribution in [0.2, 0.25) is 0 Å². The van der Waals surface area contributed by atoms with Crippen molar-refractivity contribution in [2.45, 2.75) is 6.42 Å². The first-order valence-corrected chi connectivity index (χ1v) is 9.54. The molecule has 4 aromatic rings. The first kappa shape index (κ1) is 14.9. The van der Waals surface area contributed by atoms with Gasteiger partial charge in [0.2, 0.25) is 5.88 Å². The molecule has 8 heteroatoms. The fraction of sp³-hybridized carbons (Fsp3) is 0.176. The molecule has 1 aliphatic heterocycles. The van der Waals surface area contributed by atoms with Crippen molar-refractivity contribution in [3.8, 4) is 16.5 Å². The Kier molecular flexibility index (Phi) is 3.15. The molecule has 0 saturated carbocycles. The van der Waals surface area contributed by atoms with Crippen molar-refractivity contribution in [1.82, 2.24) is 15.0 Å². The second kappa shape index (κ2) is 5.29. The molecule has 1 aliphatic rings.